The van der Waals surface area contributed by atoms with Gasteiger partial charge in [-0.3, -0.25) is 0 Å². The minimum atomic E-state index is -3.66. The Morgan fingerprint density at radius 3 is 2.32 bits per heavy atom. The maximum Gasteiger partial charge on any atom is 0.328 e. The number of sulfonamides is 1. The van der Waals surface area contributed by atoms with Gasteiger partial charge in [-0.2, -0.15) is 0 Å². The first kappa shape index (κ1) is 39.4. The Balaban J connectivity index is 0.000000492. The number of aliphatic hydroxyl groups is 2. The Bertz CT molecular complexity index is 1480. The first-order valence-electron chi connectivity index (χ1n) is 15.6. The summed E-state index contributed by atoms with van der Waals surface area (Å²) in [5.74, 6) is -0.160. The van der Waals surface area contributed by atoms with Crippen molar-refractivity contribution in [3.8, 4) is 11.5 Å². The number of primary sulfonamides is 1. The molecule has 0 amide bonds. The molecule has 258 valence electrons. The van der Waals surface area contributed by atoms with Gasteiger partial charge in [0.2, 0.25) is 10.0 Å². The fraction of sp³-hybridized carbons (Fsp3) is 0.400. The SMILES string of the molecule is COc1ccc(C=CC(=O)O)cc1.NS(=O)(=O)c1cccc(CCCCOCCCCCCNC[C@H](O)c2ccc(O)c(CO)c2)c1. The number of hydrogen-bond acceptors (Lipinski definition) is 9. The van der Waals surface area contributed by atoms with Gasteiger partial charge in [-0.15, -0.1) is 0 Å². The van der Waals surface area contributed by atoms with Crippen LogP contribution in [-0.2, 0) is 32.6 Å². The van der Waals surface area contributed by atoms with Crippen molar-refractivity contribution in [1.82, 2.24) is 5.32 Å². The predicted octanol–water partition coefficient (Wildman–Crippen LogP) is 4.55. The van der Waals surface area contributed by atoms with E-state index in [1.807, 2.05) is 6.07 Å². The molecule has 0 bridgehead atoms. The summed E-state index contributed by atoms with van der Waals surface area (Å²) in [4.78, 5) is 10.3. The van der Waals surface area contributed by atoms with Crippen LogP contribution in [0.25, 0.3) is 6.08 Å². The highest BCUT2D eigenvalue weighted by Crippen LogP contribution is 2.22. The Morgan fingerprint density at radius 1 is 0.957 bits per heavy atom. The van der Waals surface area contributed by atoms with E-state index in [-0.39, 0.29) is 17.3 Å². The molecule has 7 N–H and O–H groups in total. The van der Waals surface area contributed by atoms with Crippen molar-refractivity contribution in [2.45, 2.75) is 62.6 Å². The van der Waals surface area contributed by atoms with E-state index in [0.717, 1.165) is 81.0 Å². The van der Waals surface area contributed by atoms with Crippen LogP contribution in [0.3, 0.4) is 0 Å². The number of nitrogens with one attached hydrogen (secondary N) is 1. The summed E-state index contributed by atoms with van der Waals surface area (Å²) in [5.41, 5.74) is 2.88. The van der Waals surface area contributed by atoms with Crippen molar-refractivity contribution >= 4 is 22.1 Å². The number of nitrogens with two attached hydrogens (primary N) is 1. The van der Waals surface area contributed by atoms with Crippen LogP contribution in [-0.4, -0.2) is 68.2 Å². The van der Waals surface area contributed by atoms with Crippen molar-refractivity contribution in [3.63, 3.8) is 0 Å². The number of carboxylic acid groups (broad SMARTS) is 1. The lowest BCUT2D eigenvalue weighted by molar-refractivity contribution is -0.131. The first-order valence-corrected chi connectivity index (χ1v) is 17.1. The third kappa shape index (κ3) is 16.6. The van der Waals surface area contributed by atoms with E-state index < -0.39 is 22.1 Å². The summed E-state index contributed by atoms with van der Waals surface area (Å²) >= 11 is 0. The lowest BCUT2D eigenvalue weighted by Gasteiger charge is -2.14. The number of unbranched alkanes of at least 4 members (excludes halogenated alkanes) is 4. The number of benzene rings is 3. The van der Waals surface area contributed by atoms with E-state index in [2.05, 4.69) is 5.32 Å². The molecule has 0 heterocycles. The van der Waals surface area contributed by atoms with Crippen LogP contribution in [0.1, 0.15) is 66.9 Å². The first-order chi connectivity index (χ1) is 22.5. The van der Waals surface area contributed by atoms with Gasteiger partial charge in [0.1, 0.15) is 11.5 Å². The highest BCUT2D eigenvalue weighted by atomic mass is 32.2. The average Bonchev–Trinajstić information content (AvgIpc) is 3.06. The predicted molar refractivity (Wildman–Crippen MR) is 182 cm³/mol. The molecule has 12 heteroatoms. The summed E-state index contributed by atoms with van der Waals surface area (Å²) in [6, 6.07) is 18.7. The lowest BCUT2D eigenvalue weighted by Crippen LogP contribution is -2.22. The molecule has 0 saturated carbocycles. The smallest absolute Gasteiger partial charge is 0.328 e. The number of hydrogen-bond donors (Lipinski definition) is 6. The van der Waals surface area contributed by atoms with Crippen molar-refractivity contribution in [3.05, 3.63) is 95.1 Å². The molecule has 11 nitrogen and oxygen atoms in total. The largest absolute Gasteiger partial charge is 0.508 e. The molecule has 0 unspecified atom stereocenters. The van der Waals surface area contributed by atoms with E-state index in [9.17, 15) is 28.5 Å². The summed E-state index contributed by atoms with van der Waals surface area (Å²) in [5, 5.41) is 45.8. The van der Waals surface area contributed by atoms with Crippen LogP contribution in [0.4, 0.5) is 0 Å². The molecule has 0 aliphatic heterocycles. The zero-order valence-electron chi connectivity index (χ0n) is 26.9. The number of aliphatic hydroxyl groups excluding tert-OH is 2. The van der Waals surface area contributed by atoms with E-state index in [4.69, 9.17) is 19.7 Å². The molecule has 3 rings (SSSR count). The number of carbonyl (C=O) groups is 1. The van der Waals surface area contributed by atoms with Gasteiger partial charge < -0.3 is 35.2 Å². The number of carboxylic acids is 1. The van der Waals surface area contributed by atoms with Crippen LogP contribution >= 0.6 is 0 Å². The van der Waals surface area contributed by atoms with Gasteiger partial charge in [0.15, 0.2) is 0 Å². The molecular formula is C35H48N2O9S. The highest BCUT2D eigenvalue weighted by molar-refractivity contribution is 7.89. The van der Waals surface area contributed by atoms with Crippen molar-refractivity contribution in [2.75, 3.05) is 33.4 Å². The molecule has 3 aromatic carbocycles. The lowest BCUT2D eigenvalue weighted by atomic mass is 10.1. The van der Waals surface area contributed by atoms with E-state index >= 15 is 0 Å². The minimum Gasteiger partial charge on any atom is -0.508 e. The van der Waals surface area contributed by atoms with Crippen LogP contribution in [0.5, 0.6) is 11.5 Å². The third-order valence-electron chi connectivity index (χ3n) is 7.15. The zero-order chi connectivity index (χ0) is 34.5. The Kier molecular flexibility index (Phi) is 18.4. The molecule has 1 atom stereocenters. The fourth-order valence-corrected chi connectivity index (χ4v) is 5.08. The molecule has 0 fully saturated rings. The summed E-state index contributed by atoms with van der Waals surface area (Å²) in [7, 11) is -2.07. The Hall–Kier alpha value is -3.78. The van der Waals surface area contributed by atoms with Gasteiger partial charge in [-0.05, 0) is 97.8 Å². The van der Waals surface area contributed by atoms with Crippen molar-refractivity contribution < 1.29 is 43.1 Å². The maximum absolute atomic E-state index is 11.4. The van der Waals surface area contributed by atoms with E-state index in [1.54, 1.807) is 55.6 Å². The zero-order valence-corrected chi connectivity index (χ0v) is 27.7. The Morgan fingerprint density at radius 2 is 1.66 bits per heavy atom. The average molecular weight is 673 g/mol. The molecule has 0 aromatic heterocycles. The normalized spacial score (nSPS) is 12.0. The second-order valence-corrected chi connectivity index (χ2v) is 12.4. The van der Waals surface area contributed by atoms with Gasteiger partial charge in [0.25, 0.3) is 0 Å². The summed E-state index contributed by atoms with van der Waals surface area (Å²) < 4.78 is 33.4. The fourth-order valence-electron chi connectivity index (χ4n) is 4.50. The van der Waals surface area contributed by atoms with Gasteiger partial charge in [0, 0.05) is 31.4 Å². The number of aromatic hydroxyl groups is 1. The number of ether oxygens (including phenoxy) is 2. The molecular weight excluding hydrogens is 624 g/mol. The summed E-state index contributed by atoms with van der Waals surface area (Å²) in [6.45, 7) is 2.41. The van der Waals surface area contributed by atoms with Gasteiger partial charge >= 0.3 is 5.97 Å². The maximum atomic E-state index is 11.4. The molecule has 3 aromatic rings. The highest BCUT2D eigenvalue weighted by Gasteiger charge is 2.10. The number of aliphatic carboxylic acids is 1. The molecule has 0 aliphatic rings. The van der Waals surface area contributed by atoms with Gasteiger partial charge in [-0.25, -0.2) is 18.4 Å². The molecule has 47 heavy (non-hydrogen) atoms. The molecule has 0 aliphatic carbocycles. The van der Waals surface area contributed by atoms with Crippen LogP contribution in [0.15, 0.2) is 77.7 Å². The minimum absolute atomic E-state index is 0.0310. The molecule has 0 radical (unpaired) electrons. The molecule has 0 saturated heterocycles. The monoisotopic (exact) mass is 672 g/mol. The molecule has 0 spiro atoms. The van der Waals surface area contributed by atoms with Crippen LogP contribution in [0.2, 0.25) is 0 Å². The van der Waals surface area contributed by atoms with Crippen LogP contribution in [0, 0.1) is 0 Å². The van der Waals surface area contributed by atoms with Crippen molar-refractivity contribution in [1.29, 1.82) is 0 Å². The third-order valence-corrected chi connectivity index (χ3v) is 8.06. The summed E-state index contributed by atoms with van der Waals surface area (Å²) in [6.07, 6.45) is 8.79. The quantitative estimate of drug-likeness (QED) is 0.0734. The van der Waals surface area contributed by atoms with Gasteiger partial charge in [0.05, 0.1) is 24.7 Å². The van der Waals surface area contributed by atoms with E-state index in [0.29, 0.717) is 24.3 Å². The second-order valence-electron chi connectivity index (χ2n) is 10.9. The number of phenols is 1. The number of methoxy groups -OCH3 is 1. The second kappa shape index (κ2) is 21.9. The van der Waals surface area contributed by atoms with Crippen LogP contribution < -0.4 is 15.2 Å². The standard InChI is InChI=1S/C25H38N2O6S.C10H10O3/c26-34(31,32)23-10-7-9-20(16-23)8-3-6-15-33-14-5-2-1-4-13-27-18-25(30)21-11-12-24(29)22(17-21)19-28;1-13-9-5-2-8(3-6-9)4-7-10(11)12/h7,9-12,16-17,25,27-30H,1-6,8,13-15,18-19H2,(H2,26,31,32);2-7H,1H3,(H,11,12)/t25-;/m0./s1. The number of aryl methyl sites for hydroxylation is 1. The Labute approximate surface area is 277 Å². The topological polar surface area (TPSA) is 189 Å². The number of rotatable bonds is 20. The van der Waals surface area contributed by atoms with Gasteiger partial charge in [-0.1, -0.05) is 43.2 Å². The van der Waals surface area contributed by atoms with Crippen molar-refractivity contribution in [2.24, 2.45) is 5.14 Å². The van der Waals surface area contributed by atoms with E-state index in [1.165, 1.54) is 18.2 Å².